The van der Waals surface area contributed by atoms with E-state index in [4.69, 9.17) is 4.74 Å². The highest BCUT2D eigenvalue weighted by Gasteiger charge is 2.42. The van der Waals surface area contributed by atoms with Crippen LogP contribution in [0.25, 0.3) is 0 Å². The van der Waals surface area contributed by atoms with Crippen LogP contribution in [0.15, 0.2) is 78.9 Å². The van der Waals surface area contributed by atoms with E-state index in [2.05, 4.69) is 0 Å². The molecule has 0 aliphatic carbocycles. The number of carboxylic acid groups (broad SMARTS) is 1. The van der Waals surface area contributed by atoms with Crippen LogP contribution in [0.3, 0.4) is 0 Å². The Bertz CT molecular complexity index is 1550. The molecule has 0 spiro atoms. The summed E-state index contributed by atoms with van der Waals surface area (Å²) in [7, 11) is 0. The summed E-state index contributed by atoms with van der Waals surface area (Å²) in [5, 5.41) is 9.65. The van der Waals surface area contributed by atoms with E-state index in [0.29, 0.717) is 24.9 Å². The van der Waals surface area contributed by atoms with Crippen LogP contribution in [0.5, 0.6) is 0 Å². The number of aliphatic carboxylic acids is 1. The van der Waals surface area contributed by atoms with E-state index in [-0.39, 0.29) is 49.9 Å². The molecule has 3 aromatic carbocycles. The summed E-state index contributed by atoms with van der Waals surface area (Å²) in [5.74, 6) is -1.66. The third kappa shape index (κ3) is 7.71. The summed E-state index contributed by atoms with van der Waals surface area (Å²) >= 11 is 0. The molecule has 0 saturated heterocycles. The number of hydrogen-bond acceptors (Lipinski definition) is 5. The number of fused-ring (bicyclic) bond motifs is 2. The molecule has 5 rings (SSSR count). The van der Waals surface area contributed by atoms with Crippen LogP contribution >= 0.6 is 0 Å². The zero-order valence-electron chi connectivity index (χ0n) is 26.1. The molecule has 2 aliphatic rings. The maximum absolute atomic E-state index is 14.4. The zero-order valence-corrected chi connectivity index (χ0v) is 26.1. The van der Waals surface area contributed by atoms with Gasteiger partial charge < -0.3 is 19.6 Å². The van der Waals surface area contributed by atoms with E-state index in [1.165, 1.54) is 9.80 Å². The number of ether oxygens (including phenoxy) is 1. The summed E-state index contributed by atoms with van der Waals surface area (Å²) in [6.45, 7) is 6.37. The molecular formula is C36H41N3O6. The summed E-state index contributed by atoms with van der Waals surface area (Å²) < 4.78 is 5.68. The Hall–Kier alpha value is -4.66. The normalized spacial score (nSPS) is 17.3. The highest BCUT2D eigenvalue weighted by molar-refractivity contribution is 6.01. The molecule has 1 N–H and O–H groups in total. The molecule has 2 atom stereocenters. The smallest absolute Gasteiger partial charge is 0.415 e. The molecule has 3 amide bonds. The number of carbonyl (C=O) groups is 4. The predicted octanol–water partition coefficient (Wildman–Crippen LogP) is 5.10. The molecule has 45 heavy (non-hydrogen) atoms. The molecule has 0 radical (unpaired) electrons. The van der Waals surface area contributed by atoms with Crippen molar-refractivity contribution in [1.82, 2.24) is 9.80 Å². The highest BCUT2D eigenvalue weighted by atomic mass is 16.6. The van der Waals surface area contributed by atoms with Crippen molar-refractivity contribution in [3.8, 4) is 0 Å². The van der Waals surface area contributed by atoms with Crippen molar-refractivity contribution in [1.29, 1.82) is 0 Å². The fraction of sp³-hybridized carbons (Fsp3) is 0.389. The first-order valence-electron chi connectivity index (χ1n) is 15.4. The minimum absolute atomic E-state index is 0.184. The lowest BCUT2D eigenvalue weighted by molar-refractivity contribution is -0.145. The fourth-order valence-electron chi connectivity index (χ4n) is 6.06. The van der Waals surface area contributed by atoms with Gasteiger partial charge in [0.15, 0.2) is 0 Å². The number of nitrogens with zero attached hydrogens (tertiary/aromatic N) is 3. The van der Waals surface area contributed by atoms with E-state index in [9.17, 15) is 24.3 Å². The molecule has 2 heterocycles. The lowest BCUT2D eigenvalue weighted by Crippen LogP contribution is -2.54. The van der Waals surface area contributed by atoms with Crippen LogP contribution in [0.1, 0.15) is 49.4 Å². The summed E-state index contributed by atoms with van der Waals surface area (Å²) in [5.41, 5.74) is 4.22. The largest absolute Gasteiger partial charge is 0.481 e. The molecule has 0 bridgehead atoms. The lowest BCUT2D eigenvalue weighted by atomic mass is 9.92. The second-order valence-corrected chi connectivity index (χ2v) is 13.1. The molecule has 9 heteroatoms. The maximum Gasteiger partial charge on any atom is 0.415 e. The third-order valence-electron chi connectivity index (χ3n) is 8.32. The average molecular weight is 612 g/mol. The molecule has 0 saturated carbocycles. The van der Waals surface area contributed by atoms with E-state index < -0.39 is 24.1 Å². The van der Waals surface area contributed by atoms with Crippen LogP contribution < -0.4 is 4.90 Å². The second-order valence-electron chi connectivity index (χ2n) is 13.1. The van der Waals surface area contributed by atoms with Gasteiger partial charge in [-0.2, -0.15) is 0 Å². The van der Waals surface area contributed by atoms with Gasteiger partial charge in [0.25, 0.3) is 0 Å². The van der Waals surface area contributed by atoms with Gasteiger partial charge in [0.05, 0.1) is 25.3 Å². The third-order valence-corrected chi connectivity index (χ3v) is 8.32. The van der Waals surface area contributed by atoms with Crippen LogP contribution in [0, 0.1) is 5.41 Å². The van der Waals surface area contributed by atoms with E-state index in [1.54, 1.807) is 4.90 Å². The molecule has 0 fully saturated rings. The van der Waals surface area contributed by atoms with Gasteiger partial charge in [-0.3, -0.25) is 19.3 Å². The number of benzene rings is 3. The van der Waals surface area contributed by atoms with Crippen molar-refractivity contribution in [2.75, 3.05) is 24.6 Å². The molecule has 2 aliphatic heterocycles. The van der Waals surface area contributed by atoms with E-state index in [0.717, 1.165) is 22.3 Å². The summed E-state index contributed by atoms with van der Waals surface area (Å²) in [4.78, 5) is 58.3. The first-order valence-corrected chi connectivity index (χ1v) is 15.4. The quantitative estimate of drug-likeness (QED) is 0.361. The van der Waals surface area contributed by atoms with Gasteiger partial charge in [-0.15, -0.1) is 0 Å². The molecule has 236 valence electrons. The maximum atomic E-state index is 14.4. The molecule has 0 aromatic heterocycles. The lowest BCUT2D eigenvalue weighted by Gasteiger charge is -2.38. The van der Waals surface area contributed by atoms with Crippen molar-refractivity contribution < 1.29 is 29.0 Å². The second kappa shape index (κ2) is 13.5. The van der Waals surface area contributed by atoms with Gasteiger partial charge in [-0.1, -0.05) is 93.6 Å². The standard InChI is InChI=1S/C36H41N3O6/c1-36(2,3)24-45-35(44)39-30-16-10-9-14-27(30)20-31(39)34(43)37(18-17-25-11-5-4-6-12-25)23-32(40)38-22-28-15-8-7-13-26(28)19-29(38)21-33(41)42/h4-16,29,31H,17-24H2,1-3H3,(H,41,42)/t29-,31-/m1/s1. The first-order chi connectivity index (χ1) is 21.5. The van der Waals surface area contributed by atoms with Crippen LogP contribution in [0.2, 0.25) is 0 Å². The van der Waals surface area contributed by atoms with Gasteiger partial charge in [0, 0.05) is 25.6 Å². The number of anilines is 1. The average Bonchev–Trinajstić information content (AvgIpc) is 3.41. The minimum atomic E-state index is -0.984. The molecule has 0 unspecified atom stereocenters. The number of carboxylic acids is 1. The van der Waals surface area contributed by atoms with E-state index in [1.807, 2.05) is 99.6 Å². The SMILES string of the molecule is CC(C)(C)COC(=O)N1c2ccccc2C[C@@H]1C(=O)N(CCc1ccccc1)CC(=O)N1Cc2ccccc2C[C@@H]1CC(=O)O. The highest BCUT2D eigenvalue weighted by Crippen LogP contribution is 2.34. The van der Waals surface area contributed by atoms with Crippen molar-refractivity contribution >= 4 is 29.6 Å². The zero-order chi connectivity index (χ0) is 32.1. The topological polar surface area (TPSA) is 107 Å². The number of hydrogen-bond donors (Lipinski definition) is 1. The molecule has 3 aromatic rings. The number of para-hydroxylation sites is 1. The first kappa shape index (κ1) is 31.8. The fourth-order valence-corrected chi connectivity index (χ4v) is 6.06. The number of rotatable bonds is 9. The van der Waals surface area contributed by atoms with Crippen molar-refractivity contribution in [3.05, 3.63) is 101 Å². The number of carbonyl (C=O) groups excluding carboxylic acids is 3. The minimum Gasteiger partial charge on any atom is -0.481 e. The Morgan fingerprint density at radius 2 is 1.51 bits per heavy atom. The Labute approximate surface area is 264 Å². The van der Waals surface area contributed by atoms with Crippen LogP contribution in [0.4, 0.5) is 10.5 Å². The van der Waals surface area contributed by atoms with Crippen molar-refractivity contribution in [3.63, 3.8) is 0 Å². The van der Waals surface area contributed by atoms with Crippen molar-refractivity contribution in [2.24, 2.45) is 5.41 Å². The Kier molecular flexibility index (Phi) is 9.56. The Morgan fingerprint density at radius 1 is 0.867 bits per heavy atom. The van der Waals surface area contributed by atoms with Crippen LogP contribution in [-0.4, -0.2) is 70.6 Å². The summed E-state index contributed by atoms with van der Waals surface area (Å²) in [6.07, 6.45) is 0.446. The Balaban J connectivity index is 1.42. The monoisotopic (exact) mass is 611 g/mol. The molecule has 9 nitrogen and oxygen atoms in total. The van der Waals surface area contributed by atoms with Crippen molar-refractivity contribution in [2.45, 2.75) is 65.1 Å². The van der Waals surface area contributed by atoms with Gasteiger partial charge in [-0.25, -0.2) is 4.79 Å². The molecular weight excluding hydrogens is 570 g/mol. The van der Waals surface area contributed by atoms with Gasteiger partial charge in [0.1, 0.15) is 6.04 Å². The van der Waals surface area contributed by atoms with Gasteiger partial charge in [-0.05, 0) is 46.6 Å². The summed E-state index contributed by atoms with van der Waals surface area (Å²) in [6, 6.07) is 23.4. The van der Waals surface area contributed by atoms with Crippen LogP contribution in [-0.2, 0) is 44.9 Å². The number of amides is 3. The van der Waals surface area contributed by atoms with Gasteiger partial charge >= 0.3 is 12.1 Å². The van der Waals surface area contributed by atoms with Gasteiger partial charge in [0.2, 0.25) is 11.8 Å². The Morgan fingerprint density at radius 3 is 2.20 bits per heavy atom. The predicted molar refractivity (Wildman–Crippen MR) is 171 cm³/mol. The van der Waals surface area contributed by atoms with E-state index >= 15 is 0 Å².